The molecule has 0 aliphatic carbocycles. The van der Waals surface area contributed by atoms with E-state index in [2.05, 4.69) is 12.2 Å². The Morgan fingerprint density at radius 1 is 1.07 bits per heavy atom. The summed E-state index contributed by atoms with van der Waals surface area (Å²) in [5.74, 6) is 0.216. The second kappa shape index (κ2) is 11.1. The number of nitrogens with one attached hydrogen (secondary N) is 1. The van der Waals surface area contributed by atoms with Crippen LogP contribution in [-0.2, 0) is 13.9 Å². The number of hydrogen-bond acceptors (Lipinski definition) is 4. The number of carbonyl (C=O) groups excluding carboxylic acids is 1. The van der Waals surface area contributed by atoms with Crippen molar-refractivity contribution in [2.45, 2.75) is 45.4 Å². The smallest absolute Gasteiger partial charge is 0.403 e. The Balaban J connectivity index is 1.72. The molecule has 0 fully saturated rings. The van der Waals surface area contributed by atoms with Crippen molar-refractivity contribution < 1.29 is 23.3 Å². The molecule has 2 aromatic rings. The number of hydrogen-bond donors (Lipinski definition) is 2. The van der Waals surface area contributed by atoms with E-state index in [1.54, 1.807) is 12.1 Å². The van der Waals surface area contributed by atoms with E-state index >= 15 is 0 Å². The minimum absolute atomic E-state index is 0.0714. The van der Waals surface area contributed by atoms with Gasteiger partial charge in [0.1, 0.15) is 5.75 Å². The standard InChI is InChI=1S/C20H28NO5P/c1-2-3-4-5-6-14-20(22)21-15-16-25-27(23,24)26-19-13-9-11-17-10-7-8-12-18(17)19/h7-13H,2-6,14-16H2,1H3,(H,21,22)(H,23,24). The van der Waals surface area contributed by atoms with E-state index in [1.807, 2.05) is 30.3 Å². The van der Waals surface area contributed by atoms with Crippen LogP contribution in [0.4, 0.5) is 0 Å². The van der Waals surface area contributed by atoms with Crippen molar-refractivity contribution in [1.29, 1.82) is 0 Å². The summed E-state index contributed by atoms with van der Waals surface area (Å²) in [7, 11) is -4.26. The molecular weight excluding hydrogens is 365 g/mol. The van der Waals surface area contributed by atoms with Gasteiger partial charge in [-0.05, 0) is 17.9 Å². The van der Waals surface area contributed by atoms with Crippen LogP contribution in [0.2, 0.25) is 0 Å². The Hall–Kier alpha value is -1.88. The molecule has 1 atom stereocenters. The van der Waals surface area contributed by atoms with Gasteiger partial charge in [0.05, 0.1) is 6.61 Å². The molecule has 0 bridgehead atoms. The number of fused-ring (bicyclic) bond motifs is 1. The summed E-state index contributed by atoms with van der Waals surface area (Å²) in [5, 5.41) is 4.32. The third-order valence-electron chi connectivity index (χ3n) is 4.15. The SMILES string of the molecule is CCCCCCCC(=O)NCCOP(=O)(O)Oc1cccc2ccccc12. The minimum Gasteiger partial charge on any atom is -0.403 e. The lowest BCUT2D eigenvalue weighted by Crippen LogP contribution is -2.26. The van der Waals surface area contributed by atoms with E-state index in [9.17, 15) is 14.3 Å². The Labute approximate surface area is 160 Å². The van der Waals surface area contributed by atoms with E-state index in [4.69, 9.17) is 9.05 Å². The molecule has 0 saturated heterocycles. The highest BCUT2D eigenvalue weighted by Crippen LogP contribution is 2.45. The maximum Gasteiger partial charge on any atom is 0.527 e. The third kappa shape index (κ3) is 7.71. The van der Waals surface area contributed by atoms with Crippen molar-refractivity contribution >= 4 is 24.5 Å². The fourth-order valence-corrected chi connectivity index (χ4v) is 3.54. The maximum atomic E-state index is 12.1. The molecule has 0 radical (unpaired) electrons. The van der Waals surface area contributed by atoms with Crippen LogP contribution in [0, 0.1) is 0 Å². The van der Waals surface area contributed by atoms with Crippen LogP contribution in [0.25, 0.3) is 10.8 Å². The zero-order valence-corrected chi connectivity index (χ0v) is 16.6. The Kier molecular flexibility index (Phi) is 8.79. The van der Waals surface area contributed by atoms with Crippen LogP contribution in [0.3, 0.4) is 0 Å². The van der Waals surface area contributed by atoms with Crippen molar-refractivity contribution in [2.75, 3.05) is 13.2 Å². The van der Waals surface area contributed by atoms with E-state index in [0.29, 0.717) is 6.42 Å². The molecule has 6 nitrogen and oxygen atoms in total. The van der Waals surface area contributed by atoms with Crippen LogP contribution < -0.4 is 9.84 Å². The molecule has 0 aliphatic heterocycles. The van der Waals surface area contributed by atoms with Crippen LogP contribution in [-0.4, -0.2) is 24.0 Å². The lowest BCUT2D eigenvalue weighted by Gasteiger charge is -2.14. The number of phosphoric acid groups is 1. The molecule has 1 amide bonds. The summed E-state index contributed by atoms with van der Waals surface area (Å²) in [5.41, 5.74) is 0. The molecule has 0 saturated carbocycles. The summed E-state index contributed by atoms with van der Waals surface area (Å²) in [4.78, 5) is 21.6. The second-order valence-corrected chi connectivity index (χ2v) is 7.76. The topological polar surface area (TPSA) is 84.9 Å². The molecular formula is C20H28NO5P. The maximum absolute atomic E-state index is 12.1. The molecule has 7 heteroatoms. The van der Waals surface area contributed by atoms with Gasteiger partial charge in [-0.3, -0.25) is 14.2 Å². The summed E-state index contributed by atoms with van der Waals surface area (Å²) >= 11 is 0. The average molecular weight is 393 g/mol. The summed E-state index contributed by atoms with van der Waals surface area (Å²) in [6.07, 6.45) is 5.88. The van der Waals surface area contributed by atoms with Crippen molar-refractivity contribution in [2.24, 2.45) is 0 Å². The highest BCUT2D eigenvalue weighted by molar-refractivity contribution is 7.47. The van der Waals surface area contributed by atoms with Gasteiger partial charge in [-0.25, -0.2) is 4.57 Å². The van der Waals surface area contributed by atoms with E-state index < -0.39 is 7.82 Å². The molecule has 2 rings (SSSR count). The zero-order valence-electron chi connectivity index (χ0n) is 15.7. The Morgan fingerprint density at radius 3 is 2.63 bits per heavy atom. The lowest BCUT2D eigenvalue weighted by molar-refractivity contribution is -0.121. The first-order chi connectivity index (χ1) is 13.0. The monoisotopic (exact) mass is 393 g/mol. The summed E-state index contributed by atoms with van der Waals surface area (Å²) in [6, 6.07) is 12.7. The molecule has 0 spiro atoms. The Bertz CT molecular complexity index is 775. The predicted molar refractivity (Wildman–Crippen MR) is 107 cm³/mol. The first-order valence-electron chi connectivity index (χ1n) is 9.43. The first kappa shape index (κ1) is 21.4. The van der Waals surface area contributed by atoms with E-state index in [-0.39, 0.29) is 24.8 Å². The third-order valence-corrected chi connectivity index (χ3v) is 5.09. The number of amides is 1. The molecule has 0 aliphatic rings. The van der Waals surface area contributed by atoms with Gasteiger partial charge >= 0.3 is 7.82 Å². The average Bonchev–Trinajstić information content (AvgIpc) is 2.65. The van der Waals surface area contributed by atoms with E-state index in [0.717, 1.165) is 30.0 Å². The van der Waals surface area contributed by atoms with E-state index in [1.165, 1.54) is 12.8 Å². The molecule has 2 N–H and O–H groups in total. The second-order valence-electron chi connectivity index (χ2n) is 6.38. The van der Waals surface area contributed by atoms with Crippen LogP contribution in [0.15, 0.2) is 42.5 Å². The van der Waals surface area contributed by atoms with Crippen molar-refractivity contribution in [3.8, 4) is 5.75 Å². The number of benzene rings is 2. The van der Waals surface area contributed by atoms with Gasteiger partial charge in [-0.1, -0.05) is 69.0 Å². The molecule has 0 heterocycles. The highest BCUT2D eigenvalue weighted by Gasteiger charge is 2.23. The van der Waals surface area contributed by atoms with Gasteiger partial charge in [0.15, 0.2) is 0 Å². The quantitative estimate of drug-likeness (QED) is 0.399. The van der Waals surface area contributed by atoms with Gasteiger partial charge in [0.2, 0.25) is 5.91 Å². The minimum atomic E-state index is -4.26. The zero-order chi connectivity index (χ0) is 19.5. The number of phosphoric ester groups is 1. The molecule has 27 heavy (non-hydrogen) atoms. The lowest BCUT2D eigenvalue weighted by atomic mass is 10.1. The van der Waals surface area contributed by atoms with Gasteiger partial charge in [-0.2, -0.15) is 0 Å². The fraction of sp³-hybridized carbons (Fsp3) is 0.450. The largest absolute Gasteiger partial charge is 0.527 e. The van der Waals surface area contributed by atoms with Crippen LogP contribution >= 0.6 is 7.82 Å². The molecule has 2 aromatic carbocycles. The highest BCUT2D eigenvalue weighted by atomic mass is 31.2. The van der Waals surface area contributed by atoms with Crippen LogP contribution in [0.5, 0.6) is 5.75 Å². The predicted octanol–water partition coefficient (Wildman–Crippen LogP) is 4.81. The van der Waals surface area contributed by atoms with Crippen LogP contribution in [0.1, 0.15) is 45.4 Å². The van der Waals surface area contributed by atoms with Crippen molar-refractivity contribution in [3.05, 3.63) is 42.5 Å². The van der Waals surface area contributed by atoms with Crippen molar-refractivity contribution in [1.82, 2.24) is 5.32 Å². The summed E-state index contributed by atoms with van der Waals surface area (Å²) in [6.45, 7) is 2.22. The number of rotatable bonds is 12. The Morgan fingerprint density at radius 2 is 1.81 bits per heavy atom. The van der Waals surface area contributed by atoms with Gasteiger partial charge in [-0.15, -0.1) is 0 Å². The number of carbonyl (C=O) groups is 1. The molecule has 1 unspecified atom stereocenters. The number of unbranched alkanes of at least 4 members (excludes halogenated alkanes) is 4. The van der Waals surface area contributed by atoms with Crippen molar-refractivity contribution in [3.63, 3.8) is 0 Å². The van der Waals surface area contributed by atoms with Gasteiger partial charge in [0.25, 0.3) is 0 Å². The fourth-order valence-electron chi connectivity index (χ4n) is 2.75. The molecule has 148 valence electrons. The molecule has 0 aromatic heterocycles. The van der Waals surface area contributed by atoms with Gasteiger partial charge in [0, 0.05) is 18.4 Å². The summed E-state index contributed by atoms with van der Waals surface area (Å²) < 4.78 is 22.3. The van der Waals surface area contributed by atoms with Gasteiger partial charge < -0.3 is 9.84 Å². The normalized spacial score (nSPS) is 13.3. The first-order valence-corrected chi connectivity index (χ1v) is 10.9.